The Morgan fingerprint density at radius 1 is 1.09 bits per heavy atom. The Hall–Kier alpha value is -3.52. The lowest BCUT2D eigenvalue weighted by Gasteiger charge is -2.13. The van der Waals surface area contributed by atoms with Gasteiger partial charge in [0.2, 0.25) is 5.91 Å². The Morgan fingerprint density at radius 3 is 2.45 bits per heavy atom. The number of amides is 1. The molecule has 0 saturated heterocycles. The number of aromatic nitrogens is 3. The predicted molar refractivity (Wildman–Crippen MR) is 130 cm³/mol. The van der Waals surface area contributed by atoms with E-state index in [2.05, 4.69) is 27.6 Å². The van der Waals surface area contributed by atoms with Gasteiger partial charge in [-0.15, -0.1) is 10.2 Å². The van der Waals surface area contributed by atoms with Gasteiger partial charge >= 0.3 is 0 Å². The lowest BCUT2D eigenvalue weighted by molar-refractivity contribution is -0.113. The summed E-state index contributed by atoms with van der Waals surface area (Å²) in [6.07, 6.45) is 1.64. The second-order valence-electron chi connectivity index (χ2n) is 7.81. The maximum Gasteiger partial charge on any atom is 0.234 e. The molecule has 1 amide bonds. The second kappa shape index (κ2) is 9.95. The summed E-state index contributed by atoms with van der Waals surface area (Å²) in [5.41, 5.74) is 5.04. The van der Waals surface area contributed by atoms with Crippen molar-refractivity contribution in [2.45, 2.75) is 32.5 Å². The monoisotopic (exact) mass is 462 g/mol. The van der Waals surface area contributed by atoms with E-state index in [1.165, 1.54) is 17.3 Å². The number of nitrogens with zero attached hydrogens (tertiary/aromatic N) is 3. The van der Waals surface area contributed by atoms with Crippen LogP contribution in [0.4, 0.5) is 5.69 Å². The molecule has 0 saturated carbocycles. The van der Waals surface area contributed by atoms with Gasteiger partial charge in [0, 0.05) is 11.3 Å². The lowest BCUT2D eigenvalue weighted by Crippen LogP contribution is -2.16. The first-order valence-corrected chi connectivity index (χ1v) is 11.5. The zero-order chi connectivity index (χ0) is 23.4. The van der Waals surface area contributed by atoms with E-state index < -0.39 is 0 Å². The molecule has 0 radical (unpaired) electrons. The number of hydrogen-bond acceptors (Lipinski definition) is 6. The van der Waals surface area contributed by atoms with Gasteiger partial charge in [0.15, 0.2) is 11.0 Å². The molecule has 2 aromatic heterocycles. The highest BCUT2D eigenvalue weighted by molar-refractivity contribution is 7.99. The standard InChI is InChI=1S/C25H26N4O3S/c1-16-12-17(2)23(18(3)13-16)26-22(30)15-33-25-28-27-24(19-7-9-20(31-4)10-8-19)29(25)14-21-6-5-11-32-21/h5-13H,14-15H2,1-4H3,(H,26,30). The fraction of sp³-hybridized carbons (Fsp3) is 0.240. The molecule has 170 valence electrons. The number of nitrogens with one attached hydrogen (secondary N) is 1. The van der Waals surface area contributed by atoms with E-state index in [1.54, 1.807) is 13.4 Å². The van der Waals surface area contributed by atoms with Crippen LogP contribution in [0.1, 0.15) is 22.5 Å². The van der Waals surface area contributed by atoms with E-state index in [0.29, 0.717) is 17.5 Å². The molecule has 2 heterocycles. The normalized spacial score (nSPS) is 10.9. The number of aryl methyl sites for hydroxylation is 3. The molecule has 0 aliphatic carbocycles. The van der Waals surface area contributed by atoms with Gasteiger partial charge in [-0.1, -0.05) is 29.5 Å². The summed E-state index contributed by atoms with van der Waals surface area (Å²) in [6, 6.07) is 15.5. The molecule has 1 N–H and O–H groups in total. The maximum absolute atomic E-state index is 12.7. The van der Waals surface area contributed by atoms with Crippen LogP contribution in [0.15, 0.2) is 64.4 Å². The highest BCUT2D eigenvalue weighted by Crippen LogP contribution is 2.27. The van der Waals surface area contributed by atoms with E-state index in [9.17, 15) is 4.79 Å². The molecule has 8 heteroatoms. The minimum absolute atomic E-state index is 0.0893. The Bertz CT molecular complexity index is 1220. The fourth-order valence-corrected chi connectivity index (χ4v) is 4.47. The van der Waals surface area contributed by atoms with Gasteiger partial charge in [0.05, 0.1) is 25.7 Å². The van der Waals surface area contributed by atoms with Crippen molar-refractivity contribution in [1.82, 2.24) is 14.8 Å². The van der Waals surface area contributed by atoms with Crippen molar-refractivity contribution in [2.75, 3.05) is 18.2 Å². The first-order valence-electron chi connectivity index (χ1n) is 10.5. The molecule has 0 aliphatic rings. The SMILES string of the molecule is COc1ccc(-c2nnc(SCC(=O)Nc3c(C)cc(C)cc3C)n2Cc2ccco2)cc1. The molecule has 0 unspecified atom stereocenters. The average Bonchev–Trinajstić information content (AvgIpc) is 3.45. The zero-order valence-corrected chi connectivity index (χ0v) is 19.9. The Balaban J connectivity index is 1.54. The molecule has 0 bridgehead atoms. The topological polar surface area (TPSA) is 82.2 Å². The van der Waals surface area contributed by atoms with Crippen LogP contribution < -0.4 is 10.1 Å². The molecule has 2 aromatic carbocycles. The molecule has 0 atom stereocenters. The molecule has 0 aliphatic heterocycles. The van der Waals surface area contributed by atoms with Crippen LogP contribution in [0.25, 0.3) is 11.4 Å². The first-order chi connectivity index (χ1) is 15.9. The number of anilines is 1. The first kappa shape index (κ1) is 22.7. The average molecular weight is 463 g/mol. The van der Waals surface area contributed by atoms with Crippen molar-refractivity contribution >= 4 is 23.4 Å². The largest absolute Gasteiger partial charge is 0.497 e. The van der Waals surface area contributed by atoms with Crippen molar-refractivity contribution in [1.29, 1.82) is 0 Å². The number of rotatable bonds is 8. The van der Waals surface area contributed by atoms with E-state index >= 15 is 0 Å². The number of hydrogen-bond donors (Lipinski definition) is 1. The summed E-state index contributed by atoms with van der Waals surface area (Å²) in [5, 5.41) is 12.5. The third-order valence-electron chi connectivity index (χ3n) is 5.23. The van der Waals surface area contributed by atoms with Crippen LogP contribution in [0.3, 0.4) is 0 Å². The van der Waals surface area contributed by atoms with Crippen molar-refractivity contribution in [2.24, 2.45) is 0 Å². The van der Waals surface area contributed by atoms with Gasteiger partial charge in [0.25, 0.3) is 0 Å². The van der Waals surface area contributed by atoms with E-state index in [-0.39, 0.29) is 11.7 Å². The molecule has 4 rings (SSSR count). The van der Waals surface area contributed by atoms with Crippen LogP contribution in [0, 0.1) is 20.8 Å². The van der Waals surface area contributed by atoms with Crippen LogP contribution in [-0.2, 0) is 11.3 Å². The number of furan rings is 1. The highest BCUT2D eigenvalue weighted by Gasteiger charge is 2.18. The predicted octanol–water partition coefficient (Wildman–Crippen LogP) is 5.25. The fourth-order valence-electron chi connectivity index (χ4n) is 3.73. The van der Waals surface area contributed by atoms with E-state index in [1.807, 2.05) is 61.7 Å². The summed E-state index contributed by atoms with van der Waals surface area (Å²) in [7, 11) is 1.63. The third kappa shape index (κ3) is 5.28. The molecule has 33 heavy (non-hydrogen) atoms. The van der Waals surface area contributed by atoms with Gasteiger partial charge in [-0.2, -0.15) is 0 Å². The molecular formula is C25H26N4O3S. The van der Waals surface area contributed by atoms with Crippen molar-refractivity contribution in [3.63, 3.8) is 0 Å². The number of methoxy groups -OCH3 is 1. The summed E-state index contributed by atoms with van der Waals surface area (Å²) < 4.78 is 12.8. The minimum Gasteiger partial charge on any atom is -0.497 e. The van der Waals surface area contributed by atoms with Gasteiger partial charge < -0.3 is 14.5 Å². The smallest absolute Gasteiger partial charge is 0.234 e. The molecule has 7 nitrogen and oxygen atoms in total. The third-order valence-corrected chi connectivity index (χ3v) is 6.20. The van der Waals surface area contributed by atoms with Gasteiger partial charge in [-0.05, 0) is 68.3 Å². The summed E-state index contributed by atoms with van der Waals surface area (Å²) >= 11 is 1.35. The number of carbonyl (C=O) groups excluding carboxylic acids is 1. The van der Waals surface area contributed by atoms with Gasteiger partial charge in [-0.3, -0.25) is 9.36 Å². The minimum atomic E-state index is -0.0893. The van der Waals surface area contributed by atoms with Crippen molar-refractivity contribution in [3.05, 3.63) is 77.2 Å². The van der Waals surface area contributed by atoms with E-state index in [0.717, 1.165) is 33.9 Å². The number of carbonyl (C=O) groups is 1. The highest BCUT2D eigenvalue weighted by atomic mass is 32.2. The van der Waals surface area contributed by atoms with Crippen LogP contribution in [0.2, 0.25) is 0 Å². The Morgan fingerprint density at radius 2 is 1.82 bits per heavy atom. The molecule has 0 spiro atoms. The van der Waals surface area contributed by atoms with Gasteiger partial charge in [-0.25, -0.2) is 0 Å². The van der Waals surface area contributed by atoms with Crippen molar-refractivity contribution < 1.29 is 13.9 Å². The quantitative estimate of drug-likeness (QED) is 0.360. The summed E-state index contributed by atoms with van der Waals surface area (Å²) in [5.74, 6) is 2.37. The lowest BCUT2D eigenvalue weighted by atomic mass is 10.1. The summed E-state index contributed by atoms with van der Waals surface area (Å²) in [6.45, 7) is 6.52. The number of thioether (sulfide) groups is 1. The molecule has 0 fully saturated rings. The summed E-state index contributed by atoms with van der Waals surface area (Å²) in [4.78, 5) is 12.7. The van der Waals surface area contributed by atoms with Crippen LogP contribution >= 0.6 is 11.8 Å². The Labute approximate surface area is 197 Å². The van der Waals surface area contributed by atoms with Crippen LogP contribution in [-0.4, -0.2) is 33.5 Å². The zero-order valence-electron chi connectivity index (χ0n) is 19.1. The maximum atomic E-state index is 12.7. The number of ether oxygens (including phenoxy) is 1. The van der Waals surface area contributed by atoms with Crippen LogP contribution in [0.5, 0.6) is 5.75 Å². The van der Waals surface area contributed by atoms with Crippen molar-refractivity contribution in [3.8, 4) is 17.1 Å². The second-order valence-corrected chi connectivity index (χ2v) is 8.75. The Kier molecular flexibility index (Phi) is 6.84. The number of benzene rings is 2. The molecular weight excluding hydrogens is 436 g/mol. The van der Waals surface area contributed by atoms with E-state index in [4.69, 9.17) is 9.15 Å². The molecule has 4 aromatic rings. The van der Waals surface area contributed by atoms with Gasteiger partial charge in [0.1, 0.15) is 11.5 Å².